The van der Waals surface area contributed by atoms with E-state index < -0.39 is 0 Å². The number of nitrogens with one attached hydrogen (secondary N) is 2. The van der Waals surface area contributed by atoms with Gasteiger partial charge in [0.1, 0.15) is 11.6 Å². The number of rotatable bonds is 6. The van der Waals surface area contributed by atoms with Gasteiger partial charge in [0.05, 0.1) is 7.11 Å². The highest BCUT2D eigenvalue weighted by Gasteiger charge is 2.08. The van der Waals surface area contributed by atoms with Crippen molar-refractivity contribution in [2.75, 3.05) is 17.7 Å². The molecule has 0 unspecified atom stereocenters. The smallest absolute Gasteiger partial charge is 0.256 e. The number of carbonyl (C=O) groups excluding carboxylic acids is 1. The number of aromatic nitrogens is 2. The van der Waals surface area contributed by atoms with Crippen LogP contribution < -0.4 is 15.4 Å². The lowest BCUT2D eigenvalue weighted by molar-refractivity contribution is 0.102. The van der Waals surface area contributed by atoms with Gasteiger partial charge in [-0.1, -0.05) is 18.2 Å². The minimum Gasteiger partial charge on any atom is -0.497 e. The van der Waals surface area contributed by atoms with Gasteiger partial charge in [-0.15, -0.1) is 10.2 Å². The molecule has 0 aliphatic rings. The Balaban J connectivity index is 1.57. The van der Waals surface area contributed by atoms with Crippen LogP contribution in [-0.2, 0) is 6.54 Å². The molecule has 2 aromatic carbocycles. The number of anilines is 2. The van der Waals surface area contributed by atoms with Gasteiger partial charge in [0.15, 0.2) is 5.82 Å². The number of aryl methyl sites for hydroxylation is 2. The van der Waals surface area contributed by atoms with Crippen LogP contribution in [0.2, 0.25) is 0 Å². The van der Waals surface area contributed by atoms with Gasteiger partial charge >= 0.3 is 0 Å². The summed E-state index contributed by atoms with van der Waals surface area (Å²) in [4.78, 5) is 12.3. The van der Waals surface area contributed by atoms with E-state index in [0.717, 1.165) is 22.4 Å². The Hall–Kier alpha value is -3.41. The van der Waals surface area contributed by atoms with Crippen molar-refractivity contribution in [3.8, 4) is 5.75 Å². The Morgan fingerprint density at radius 1 is 0.926 bits per heavy atom. The Bertz CT molecular complexity index is 922. The zero-order valence-corrected chi connectivity index (χ0v) is 15.6. The predicted octanol–water partition coefficient (Wildman–Crippen LogP) is 3.97. The van der Waals surface area contributed by atoms with Crippen molar-refractivity contribution >= 4 is 17.5 Å². The van der Waals surface area contributed by atoms with Crippen LogP contribution in [0.5, 0.6) is 5.75 Å². The molecule has 0 bridgehead atoms. The Labute approximate surface area is 158 Å². The first-order chi connectivity index (χ1) is 13.0. The second-order valence-electron chi connectivity index (χ2n) is 6.26. The summed E-state index contributed by atoms with van der Waals surface area (Å²) in [5.74, 6) is 1.66. The molecule has 0 saturated heterocycles. The van der Waals surface area contributed by atoms with E-state index >= 15 is 0 Å². The molecule has 0 atom stereocenters. The topological polar surface area (TPSA) is 76.1 Å². The third-order valence-electron chi connectivity index (χ3n) is 4.31. The molecule has 1 amide bonds. The standard InChI is InChI=1S/C21H22N4O2/c1-14-4-7-17(12-15(14)2)21(26)23-20-11-10-19(24-25-20)22-13-16-5-8-18(27-3)9-6-16/h4-12H,13H2,1-3H3,(H,22,24)(H,23,25,26). The Morgan fingerprint density at radius 3 is 2.26 bits per heavy atom. The van der Waals surface area contributed by atoms with Gasteiger partial charge < -0.3 is 15.4 Å². The first kappa shape index (κ1) is 18.4. The largest absolute Gasteiger partial charge is 0.497 e. The molecule has 6 heteroatoms. The van der Waals surface area contributed by atoms with Crippen LogP contribution >= 0.6 is 0 Å². The van der Waals surface area contributed by atoms with E-state index in [1.54, 1.807) is 25.3 Å². The van der Waals surface area contributed by atoms with E-state index in [4.69, 9.17) is 4.74 Å². The number of hydrogen-bond acceptors (Lipinski definition) is 5. The van der Waals surface area contributed by atoms with Crippen molar-refractivity contribution in [3.05, 3.63) is 76.9 Å². The van der Waals surface area contributed by atoms with E-state index in [-0.39, 0.29) is 5.91 Å². The second-order valence-corrected chi connectivity index (χ2v) is 6.26. The molecule has 1 aromatic heterocycles. The van der Waals surface area contributed by atoms with E-state index in [9.17, 15) is 4.79 Å². The fraction of sp³-hybridized carbons (Fsp3) is 0.190. The summed E-state index contributed by atoms with van der Waals surface area (Å²) < 4.78 is 5.14. The van der Waals surface area contributed by atoms with Crippen LogP contribution in [0.15, 0.2) is 54.6 Å². The van der Waals surface area contributed by atoms with Crippen LogP contribution in [-0.4, -0.2) is 23.2 Å². The highest BCUT2D eigenvalue weighted by molar-refractivity contribution is 6.03. The Kier molecular flexibility index (Phi) is 5.66. The number of methoxy groups -OCH3 is 1. The van der Waals surface area contributed by atoms with Crippen molar-refractivity contribution < 1.29 is 9.53 Å². The number of carbonyl (C=O) groups is 1. The van der Waals surface area contributed by atoms with Crippen molar-refractivity contribution in [2.45, 2.75) is 20.4 Å². The van der Waals surface area contributed by atoms with Gasteiger partial charge in [-0.2, -0.15) is 0 Å². The molecule has 1 heterocycles. The van der Waals surface area contributed by atoms with Crippen molar-refractivity contribution in [3.63, 3.8) is 0 Å². The summed E-state index contributed by atoms with van der Waals surface area (Å²) in [6.45, 7) is 4.61. The molecule has 0 aliphatic heterocycles. The molecule has 6 nitrogen and oxygen atoms in total. The van der Waals surface area contributed by atoms with Crippen LogP contribution in [0.3, 0.4) is 0 Å². The number of hydrogen-bond donors (Lipinski definition) is 2. The third-order valence-corrected chi connectivity index (χ3v) is 4.31. The van der Waals surface area contributed by atoms with E-state index in [2.05, 4.69) is 20.8 Å². The zero-order chi connectivity index (χ0) is 19.2. The van der Waals surface area contributed by atoms with Crippen molar-refractivity contribution in [1.29, 1.82) is 0 Å². The molecular formula is C21H22N4O2. The minimum atomic E-state index is -0.202. The average molecular weight is 362 g/mol. The summed E-state index contributed by atoms with van der Waals surface area (Å²) >= 11 is 0. The third kappa shape index (κ3) is 4.82. The van der Waals surface area contributed by atoms with Gasteiger partial charge in [-0.05, 0) is 66.9 Å². The molecule has 2 N–H and O–H groups in total. The molecular weight excluding hydrogens is 340 g/mol. The quantitative estimate of drug-likeness (QED) is 0.694. The van der Waals surface area contributed by atoms with Crippen LogP contribution in [0.25, 0.3) is 0 Å². The summed E-state index contributed by atoms with van der Waals surface area (Å²) in [6, 6.07) is 16.9. The normalized spacial score (nSPS) is 10.3. The van der Waals surface area contributed by atoms with E-state index in [1.165, 1.54) is 0 Å². The number of nitrogens with zero attached hydrogens (tertiary/aromatic N) is 2. The van der Waals surface area contributed by atoms with Gasteiger partial charge in [0, 0.05) is 12.1 Å². The highest BCUT2D eigenvalue weighted by atomic mass is 16.5. The summed E-state index contributed by atoms with van der Waals surface area (Å²) in [5, 5.41) is 14.1. The molecule has 0 fully saturated rings. The summed E-state index contributed by atoms with van der Waals surface area (Å²) in [7, 11) is 1.64. The first-order valence-electron chi connectivity index (χ1n) is 8.64. The van der Waals surface area contributed by atoms with E-state index in [0.29, 0.717) is 23.7 Å². The average Bonchev–Trinajstić information content (AvgIpc) is 2.70. The van der Waals surface area contributed by atoms with Gasteiger partial charge in [-0.3, -0.25) is 4.79 Å². The molecule has 0 saturated carbocycles. The zero-order valence-electron chi connectivity index (χ0n) is 15.6. The number of amides is 1. The Morgan fingerprint density at radius 2 is 1.63 bits per heavy atom. The molecule has 0 aliphatic carbocycles. The highest BCUT2D eigenvalue weighted by Crippen LogP contribution is 2.14. The van der Waals surface area contributed by atoms with Gasteiger partial charge in [0.2, 0.25) is 0 Å². The maximum absolute atomic E-state index is 12.3. The molecule has 3 aromatic rings. The minimum absolute atomic E-state index is 0.202. The maximum Gasteiger partial charge on any atom is 0.256 e. The fourth-order valence-corrected chi connectivity index (χ4v) is 2.50. The molecule has 0 radical (unpaired) electrons. The SMILES string of the molecule is COc1ccc(CNc2ccc(NC(=O)c3ccc(C)c(C)c3)nn2)cc1. The van der Waals surface area contributed by atoms with Gasteiger partial charge in [0.25, 0.3) is 5.91 Å². The molecule has 138 valence electrons. The van der Waals surface area contributed by atoms with Crippen molar-refractivity contribution in [2.24, 2.45) is 0 Å². The van der Waals surface area contributed by atoms with Crippen LogP contribution in [0.1, 0.15) is 27.0 Å². The molecule has 0 spiro atoms. The predicted molar refractivity (Wildman–Crippen MR) is 106 cm³/mol. The second kappa shape index (κ2) is 8.31. The molecule has 3 rings (SSSR count). The molecule has 27 heavy (non-hydrogen) atoms. The summed E-state index contributed by atoms with van der Waals surface area (Å²) in [5.41, 5.74) is 3.93. The maximum atomic E-state index is 12.3. The van der Waals surface area contributed by atoms with Crippen LogP contribution in [0, 0.1) is 13.8 Å². The number of ether oxygens (including phenoxy) is 1. The first-order valence-corrected chi connectivity index (χ1v) is 8.64. The lowest BCUT2D eigenvalue weighted by Gasteiger charge is -2.08. The van der Waals surface area contributed by atoms with Gasteiger partial charge in [-0.25, -0.2) is 0 Å². The lowest BCUT2D eigenvalue weighted by Crippen LogP contribution is -2.14. The summed E-state index contributed by atoms with van der Waals surface area (Å²) in [6.07, 6.45) is 0. The lowest BCUT2D eigenvalue weighted by atomic mass is 10.1. The fourth-order valence-electron chi connectivity index (χ4n) is 2.50. The monoisotopic (exact) mass is 362 g/mol. The number of benzene rings is 2. The van der Waals surface area contributed by atoms with Crippen LogP contribution in [0.4, 0.5) is 11.6 Å². The van der Waals surface area contributed by atoms with Crippen molar-refractivity contribution in [1.82, 2.24) is 10.2 Å². The van der Waals surface area contributed by atoms with E-state index in [1.807, 2.05) is 50.2 Å².